The van der Waals surface area contributed by atoms with E-state index in [2.05, 4.69) is 25.8 Å². The van der Waals surface area contributed by atoms with Gasteiger partial charge in [-0.05, 0) is 50.2 Å². The lowest BCUT2D eigenvalue weighted by molar-refractivity contribution is -0.116. The number of pyridine rings is 1. The molecule has 3 aromatic rings. The summed E-state index contributed by atoms with van der Waals surface area (Å²) in [6.45, 7) is 4.23. The van der Waals surface area contributed by atoms with Gasteiger partial charge in [0.15, 0.2) is 5.16 Å². The SMILES string of the molecule is CCn1c(CC(=O)Nc2ccc(F)cc2)nnc1S[C@H](C)C(=O)Nc1cccnc1. The lowest BCUT2D eigenvalue weighted by atomic mass is 10.3. The Hall–Kier alpha value is -3.27. The number of rotatable bonds is 8. The van der Waals surface area contributed by atoms with Crippen molar-refractivity contribution >= 4 is 35.0 Å². The van der Waals surface area contributed by atoms with E-state index in [9.17, 15) is 14.0 Å². The molecule has 0 aliphatic heterocycles. The predicted octanol–water partition coefficient (Wildman–Crippen LogP) is 3.13. The molecule has 0 bridgehead atoms. The molecule has 8 nitrogen and oxygen atoms in total. The summed E-state index contributed by atoms with van der Waals surface area (Å²) in [6.07, 6.45) is 3.21. The van der Waals surface area contributed by atoms with Gasteiger partial charge in [-0.1, -0.05) is 11.8 Å². The first kappa shape index (κ1) is 21.4. The van der Waals surface area contributed by atoms with Crippen molar-refractivity contribution < 1.29 is 14.0 Å². The number of aromatic nitrogens is 4. The number of amides is 2. The molecule has 0 spiro atoms. The maximum absolute atomic E-state index is 13.0. The topological polar surface area (TPSA) is 102 Å². The lowest BCUT2D eigenvalue weighted by Gasteiger charge is -2.12. The van der Waals surface area contributed by atoms with Crippen molar-refractivity contribution in [3.63, 3.8) is 0 Å². The molecule has 156 valence electrons. The summed E-state index contributed by atoms with van der Waals surface area (Å²) in [7, 11) is 0. The van der Waals surface area contributed by atoms with E-state index in [-0.39, 0.29) is 24.1 Å². The number of thioether (sulfide) groups is 1. The first-order chi connectivity index (χ1) is 14.5. The zero-order valence-electron chi connectivity index (χ0n) is 16.5. The van der Waals surface area contributed by atoms with Crippen LogP contribution in [-0.2, 0) is 22.6 Å². The highest BCUT2D eigenvalue weighted by atomic mass is 32.2. The maximum atomic E-state index is 13.0. The van der Waals surface area contributed by atoms with Crippen molar-refractivity contribution in [3.8, 4) is 0 Å². The Kier molecular flexibility index (Phi) is 7.12. The van der Waals surface area contributed by atoms with Gasteiger partial charge in [0.2, 0.25) is 11.8 Å². The summed E-state index contributed by atoms with van der Waals surface area (Å²) in [5.41, 5.74) is 1.12. The van der Waals surface area contributed by atoms with Gasteiger partial charge < -0.3 is 15.2 Å². The molecule has 3 rings (SSSR count). The Morgan fingerprint density at radius 3 is 2.57 bits per heavy atom. The number of hydrogen-bond donors (Lipinski definition) is 2. The minimum Gasteiger partial charge on any atom is -0.326 e. The van der Waals surface area contributed by atoms with Gasteiger partial charge in [0.05, 0.1) is 23.6 Å². The van der Waals surface area contributed by atoms with Crippen LogP contribution in [0.2, 0.25) is 0 Å². The molecule has 2 amide bonds. The van der Waals surface area contributed by atoms with Gasteiger partial charge >= 0.3 is 0 Å². The van der Waals surface area contributed by atoms with Crippen molar-refractivity contribution in [3.05, 3.63) is 60.4 Å². The number of anilines is 2. The fourth-order valence-corrected chi connectivity index (χ4v) is 3.56. The Morgan fingerprint density at radius 1 is 1.13 bits per heavy atom. The minimum atomic E-state index is -0.430. The molecule has 0 aliphatic carbocycles. The smallest absolute Gasteiger partial charge is 0.237 e. The van der Waals surface area contributed by atoms with Crippen LogP contribution in [0.4, 0.5) is 15.8 Å². The van der Waals surface area contributed by atoms with Crippen LogP contribution in [0.25, 0.3) is 0 Å². The van der Waals surface area contributed by atoms with Gasteiger partial charge in [0.25, 0.3) is 0 Å². The van der Waals surface area contributed by atoms with E-state index in [4.69, 9.17) is 0 Å². The zero-order valence-corrected chi connectivity index (χ0v) is 17.3. The summed E-state index contributed by atoms with van der Waals surface area (Å²) >= 11 is 1.26. The fourth-order valence-electron chi connectivity index (χ4n) is 2.63. The van der Waals surface area contributed by atoms with Crippen LogP contribution in [0.3, 0.4) is 0 Å². The molecule has 2 heterocycles. The number of benzene rings is 1. The molecule has 2 N–H and O–H groups in total. The van der Waals surface area contributed by atoms with Crippen molar-refractivity contribution in [1.29, 1.82) is 0 Å². The maximum Gasteiger partial charge on any atom is 0.237 e. The van der Waals surface area contributed by atoms with Crippen molar-refractivity contribution in [2.75, 3.05) is 10.6 Å². The first-order valence-electron chi connectivity index (χ1n) is 9.31. The van der Waals surface area contributed by atoms with Gasteiger partial charge in [0, 0.05) is 18.4 Å². The quantitative estimate of drug-likeness (QED) is 0.535. The van der Waals surface area contributed by atoms with Gasteiger partial charge in [-0.3, -0.25) is 14.6 Å². The molecule has 0 saturated heterocycles. The van der Waals surface area contributed by atoms with E-state index >= 15 is 0 Å². The molecule has 0 unspecified atom stereocenters. The van der Waals surface area contributed by atoms with Crippen LogP contribution in [0.15, 0.2) is 53.9 Å². The molecule has 10 heteroatoms. The average Bonchev–Trinajstić information content (AvgIpc) is 3.11. The van der Waals surface area contributed by atoms with Gasteiger partial charge in [-0.2, -0.15) is 0 Å². The molecule has 2 aromatic heterocycles. The van der Waals surface area contributed by atoms with Crippen LogP contribution >= 0.6 is 11.8 Å². The van der Waals surface area contributed by atoms with Gasteiger partial charge in [-0.15, -0.1) is 10.2 Å². The Morgan fingerprint density at radius 2 is 1.90 bits per heavy atom. The third-order valence-corrected chi connectivity index (χ3v) is 5.22. The zero-order chi connectivity index (χ0) is 21.5. The molecular weight excluding hydrogens is 407 g/mol. The Labute approximate surface area is 177 Å². The normalized spacial score (nSPS) is 11.7. The van der Waals surface area contributed by atoms with Crippen LogP contribution < -0.4 is 10.6 Å². The molecular formula is C20H21FN6O2S. The van der Waals surface area contributed by atoms with E-state index in [1.54, 1.807) is 36.0 Å². The second-order valence-electron chi connectivity index (χ2n) is 6.37. The number of carbonyl (C=O) groups excluding carboxylic acids is 2. The van der Waals surface area contributed by atoms with Crippen molar-refractivity contribution in [2.24, 2.45) is 0 Å². The fraction of sp³-hybridized carbons (Fsp3) is 0.250. The molecule has 1 aromatic carbocycles. The summed E-state index contributed by atoms with van der Waals surface area (Å²) in [5.74, 6) is -0.363. The summed E-state index contributed by atoms with van der Waals surface area (Å²) < 4.78 is 14.8. The van der Waals surface area contributed by atoms with Crippen LogP contribution in [0, 0.1) is 5.82 Å². The predicted molar refractivity (Wildman–Crippen MR) is 113 cm³/mol. The standard InChI is InChI=1S/C20H21FN6O2S/c1-3-27-17(11-18(28)23-15-8-6-14(21)7-9-15)25-26-20(27)30-13(2)19(29)24-16-5-4-10-22-12-16/h4-10,12-13H,3,11H2,1-2H3,(H,23,28)(H,24,29)/t13-/m1/s1. The molecule has 0 fully saturated rings. The first-order valence-corrected chi connectivity index (χ1v) is 10.2. The highest BCUT2D eigenvalue weighted by molar-refractivity contribution is 8.00. The van der Waals surface area contributed by atoms with E-state index in [0.29, 0.717) is 28.9 Å². The van der Waals surface area contributed by atoms with E-state index in [0.717, 1.165) is 0 Å². The van der Waals surface area contributed by atoms with E-state index in [1.807, 2.05) is 6.92 Å². The molecule has 1 atom stereocenters. The lowest BCUT2D eigenvalue weighted by Crippen LogP contribution is -2.23. The van der Waals surface area contributed by atoms with Gasteiger partial charge in [-0.25, -0.2) is 4.39 Å². The number of nitrogens with one attached hydrogen (secondary N) is 2. The largest absolute Gasteiger partial charge is 0.326 e. The third kappa shape index (κ3) is 5.63. The molecule has 0 aliphatic rings. The van der Waals surface area contributed by atoms with Crippen molar-refractivity contribution in [1.82, 2.24) is 19.7 Å². The third-order valence-electron chi connectivity index (χ3n) is 4.14. The van der Waals surface area contributed by atoms with E-state index < -0.39 is 5.25 Å². The molecule has 0 saturated carbocycles. The summed E-state index contributed by atoms with van der Waals surface area (Å²) in [4.78, 5) is 28.7. The van der Waals surface area contributed by atoms with Gasteiger partial charge in [0.1, 0.15) is 11.6 Å². The highest BCUT2D eigenvalue weighted by Crippen LogP contribution is 2.23. The Bertz CT molecular complexity index is 1010. The number of nitrogens with zero attached hydrogens (tertiary/aromatic N) is 4. The highest BCUT2D eigenvalue weighted by Gasteiger charge is 2.21. The van der Waals surface area contributed by atoms with Crippen LogP contribution in [0.1, 0.15) is 19.7 Å². The average molecular weight is 428 g/mol. The molecule has 30 heavy (non-hydrogen) atoms. The summed E-state index contributed by atoms with van der Waals surface area (Å²) in [5, 5.41) is 13.9. The van der Waals surface area contributed by atoms with Crippen molar-refractivity contribution in [2.45, 2.75) is 37.2 Å². The number of carbonyl (C=O) groups is 2. The minimum absolute atomic E-state index is 0.00897. The monoisotopic (exact) mass is 428 g/mol. The van der Waals surface area contributed by atoms with Crippen LogP contribution in [0.5, 0.6) is 0 Å². The second kappa shape index (κ2) is 9.97. The second-order valence-corrected chi connectivity index (χ2v) is 7.67. The van der Waals surface area contributed by atoms with Crippen LogP contribution in [-0.4, -0.2) is 36.8 Å². The van der Waals surface area contributed by atoms with E-state index in [1.165, 1.54) is 36.0 Å². The number of halogens is 1. The number of hydrogen-bond acceptors (Lipinski definition) is 6. The Balaban J connectivity index is 1.62. The summed E-state index contributed by atoms with van der Waals surface area (Å²) in [6, 6.07) is 9.02. The molecule has 0 radical (unpaired) electrons.